The van der Waals surface area contributed by atoms with Crippen LogP contribution in [0.5, 0.6) is 5.75 Å². The summed E-state index contributed by atoms with van der Waals surface area (Å²) in [6.07, 6.45) is 12.9. The summed E-state index contributed by atoms with van der Waals surface area (Å²) < 4.78 is 11.7. The van der Waals surface area contributed by atoms with E-state index >= 15 is 0 Å². The average Bonchev–Trinajstić information content (AvgIpc) is 2.77. The molecule has 2 rings (SSSR count). The van der Waals surface area contributed by atoms with Gasteiger partial charge in [0.1, 0.15) is 5.75 Å². The topological polar surface area (TPSA) is 18.5 Å². The molecule has 0 bridgehead atoms. The van der Waals surface area contributed by atoms with Crippen molar-refractivity contribution < 1.29 is 9.47 Å². The molecule has 1 unspecified atom stereocenters. The number of hydrogen-bond acceptors (Lipinski definition) is 2. The van der Waals surface area contributed by atoms with Gasteiger partial charge in [0.15, 0.2) is 0 Å². The molecule has 0 saturated heterocycles. The molecule has 2 aromatic rings. The zero-order valence-electron chi connectivity index (χ0n) is 19.5. The number of rotatable bonds is 16. The molecule has 166 valence electrons. The van der Waals surface area contributed by atoms with E-state index in [1.807, 2.05) is 0 Å². The van der Waals surface area contributed by atoms with E-state index in [4.69, 9.17) is 9.47 Å². The normalized spacial score (nSPS) is 12.1. The maximum absolute atomic E-state index is 5.92. The van der Waals surface area contributed by atoms with Crippen molar-refractivity contribution in [1.29, 1.82) is 0 Å². The van der Waals surface area contributed by atoms with Crippen LogP contribution in [-0.4, -0.2) is 19.3 Å². The van der Waals surface area contributed by atoms with Crippen molar-refractivity contribution in [2.24, 2.45) is 0 Å². The quantitative estimate of drug-likeness (QED) is 0.259. The Morgan fingerprint density at radius 2 is 1.20 bits per heavy atom. The van der Waals surface area contributed by atoms with Crippen molar-refractivity contribution in [1.82, 2.24) is 0 Å². The predicted octanol–water partition coefficient (Wildman–Crippen LogP) is 8.23. The van der Waals surface area contributed by atoms with Crippen LogP contribution in [0.4, 0.5) is 0 Å². The number of unbranched alkanes of at least 4 members (excludes halogenated alkanes) is 7. The summed E-state index contributed by atoms with van der Waals surface area (Å²) in [4.78, 5) is 0. The Morgan fingerprint density at radius 1 is 0.633 bits per heavy atom. The summed E-state index contributed by atoms with van der Waals surface area (Å²) in [6.45, 7) is 8.23. The summed E-state index contributed by atoms with van der Waals surface area (Å²) in [7, 11) is 0. The third-order valence-electron chi connectivity index (χ3n) is 5.54. The highest BCUT2D eigenvalue weighted by Crippen LogP contribution is 2.23. The maximum atomic E-state index is 5.92. The molecule has 2 aromatic carbocycles. The lowest BCUT2D eigenvalue weighted by Gasteiger charge is -2.13. The second kappa shape index (κ2) is 15.1. The van der Waals surface area contributed by atoms with Crippen LogP contribution < -0.4 is 4.74 Å². The number of benzene rings is 2. The van der Waals surface area contributed by atoms with Crippen molar-refractivity contribution >= 4 is 0 Å². The van der Waals surface area contributed by atoms with E-state index in [0.717, 1.165) is 38.2 Å². The molecule has 0 N–H and O–H groups in total. The van der Waals surface area contributed by atoms with Crippen molar-refractivity contribution in [3.63, 3.8) is 0 Å². The fourth-order valence-corrected chi connectivity index (χ4v) is 3.71. The van der Waals surface area contributed by atoms with Gasteiger partial charge in [-0.2, -0.15) is 0 Å². The van der Waals surface area contributed by atoms with E-state index in [1.54, 1.807) is 0 Å². The molecule has 0 aliphatic carbocycles. The van der Waals surface area contributed by atoms with Gasteiger partial charge in [0.25, 0.3) is 0 Å². The second-order valence-electron chi connectivity index (χ2n) is 8.43. The van der Waals surface area contributed by atoms with E-state index in [2.05, 4.69) is 69.3 Å². The van der Waals surface area contributed by atoms with Crippen LogP contribution in [0.15, 0.2) is 48.5 Å². The predicted molar refractivity (Wildman–Crippen MR) is 129 cm³/mol. The fourth-order valence-electron chi connectivity index (χ4n) is 3.71. The minimum absolute atomic E-state index is 0.272. The summed E-state index contributed by atoms with van der Waals surface area (Å²) in [6, 6.07) is 17.3. The molecule has 0 aliphatic heterocycles. The Labute approximate surface area is 185 Å². The van der Waals surface area contributed by atoms with Crippen LogP contribution in [0.3, 0.4) is 0 Å². The molecule has 2 heteroatoms. The molecule has 30 heavy (non-hydrogen) atoms. The van der Waals surface area contributed by atoms with Crippen LogP contribution >= 0.6 is 0 Å². The third kappa shape index (κ3) is 9.80. The molecule has 0 fully saturated rings. The molecule has 0 heterocycles. The largest absolute Gasteiger partial charge is 0.494 e. The first kappa shape index (κ1) is 24.5. The Balaban J connectivity index is 1.68. The van der Waals surface area contributed by atoms with E-state index in [1.165, 1.54) is 61.6 Å². The molecule has 0 aliphatic rings. The molecule has 2 nitrogen and oxygen atoms in total. The van der Waals surface area contributed by atoms with Gasteiger partial charge in [-0.3, -0.25) is 0 Å². The maximum Gasteiger partial charge on any atom is 0.119 e. The van der Waals surface area contributed by atoms with Crippen molar-refractivity contribution in [2.45, 2.75) is 91.1 Å². The van der Waals surface area contributed by atoms with Gasteiger partial charge >= 0.3 is 0 Å². The van der Waals surface area contributed by atoms with Gasteiger partial charge in [0.2, 0.25) is 0 Å². The monoisotopic (exact) mass is 410 g/mol. The van der Waals surface area contributed by atoms with Crippen LogP contribution in [0.1, 0.15) is 84.1 Å². The molecule has 0 saturated carbocycles. The third-order valence-corrected chi connectivity index (χ3v) is 5.54. The molecule has 1 atom stereocenters. The minimum atomic E-state index is 0.272. The Morgan fingerprint density at radius 3 is 1.80 bits per heavy atom. The van der Waals surface area contributed by atoms with Crippen LogP contribution in [0, 0.1) is 0 Å². The Kier molecular flexibility index (Phi) is 12.3. The van der Waals surface area contributed by atoms with Crippen LogP contribution in [0.2, 0.25) is 0 Å². The highest BCUT2D eigenvalue weighted by molar-refractivity contribution is 5.64. The SMILES string of the molecule is CCCCCCCCCCOc1ccc(-c2ccc(CC(C)OCCC)cc2)cc1. The van der Waals surface area contributed by atoms with Gasteiger partial charge < -0.3 is 9.47 Å². The Bertz CT molecular complexity index is 660. The summed E-state index contributed by atoms with van der Waals surface area (Å²) in [5.41, 5.74) is 3.81. The second-order valence-corrected chi connectivity index (χ2v) is 8.43. The standard InChI is InChI=1S/C28H42O2/c1-4-6-7-8-9-10-11-12-22-30-28-19-17-27(18-20-28)26-15-13-25(14-16-26)23-24(3)29-21-5-2/h13-20,24H,4-12,21-23H2,1-3H3. The Hall–Kier alpha value is -1.80. The highest BCUT2D eigenvalue weighted by atomic mass is 16.5. The molecule has 0 amide bonds. The van der Waals surface area contributed by atoms with Crippen molar-refractivity contribution in [3.8, 4) is 16.9 Å². The van der Waals surface area contributed by atoms with E-state index in [0.29, 0.717) is 0 Å². The van der Waals surface area contributed by atoms with Gasteiger partial charge in [-0.05, 0) is 55.0 Å². The van der Waals surface area contributed by atoms with Crippen molar-refractivity contribution in [3.05, 3.63) is 54.1 Å². The summed E-state index contributed by atoms with van der Waals surface area (Å²) >= 11 is 0. The van der Waals surface area contributed by atoms with Gasteiger partial charge in [-0.15, -0.1) is 0 Å². The minimum Gasteiger partial charge on any atom is -0.494 e. The van der Waals surface area contributed by atoms with Crippen LogP contribution in [-0.2, 0) is 11.2 Å². The molecule has 0 radical (unpaired) electrons. The number of hydrogen-bond donors (Lipinski definition) is 0. The smallest absolute Gasteiger partial charge is 0.119 e. The lowest BCUT2D eigenvalue weighted by molar-refractivity contribution is 0.0669. The average molecular weight is 411 g/mol. The zero-order chi connectivity index (χ0) is 21.4. The van der Waals surface area contributed by atoms with E-state index in [9.17, 15) is 0 Å². The lowest BCUT2D eigenvalue weighted by Crippen LogP contribution is -2.12. The van der Waals surface area contributed by atoms with Gasteiger partial charge in [0.05, 0.1) is 12.7 Å². The van der Waals surface area contributed by atoms with Crippen LogP contribution in [0.25, 0.3) is 11.1 Å². The molecular weight excluding hydrogens is 368 g/mol. The summed E-state index contributed by atoms with van der Waals surface area (Å²) in [5, 5.41) is 0. The number of ether oxygens (including phenoxy) is 2. The molecule has 0 spiro atoms. The molecule has 0 aromatic heterocycles. The van der Waals surface area contributed by atoms with Gasteiger partial charge in [0, 0.05) is 6.61 Å². The zero-order valence-corrected chi connectivity index (χ0v) is 19.5. The van der Waals surface area contributed by atoms with E-state index in [-0.39, 0.29) is 6.10 Å². The fraction of sp³-hybridized carbons (Fsp3) is 0.571. The first-order valence-electron chi connectivity index (χ1n) is 12.2. The van der Waals surface area contributed by atoms with Gasteiger partial charge in [-0.1, -0.05) is 95.2 Å². The first-order chi connectivity index (χ1) is 14.7. The van der Waals surface area contributed by atoms with Crippen molar-refractivity contribution in [2.75, 3.05) is 13.2 Å². The summed E-state index contributed by atoms with van der Waals surface area (Å²) in [5.74, 6) is 0.972. The van der Waals surface area contributed by atoms with Gasteiger partial charge in [-0.25, -0.2) is 0 Å². The lowest BCUT2D eigenvalue weighted by atomic mass is 10.0. The van der Waals surface area contributed by atoms with E-state index < -0.39 is 0 Å². The first-order valence-corrected chi connectivity index (χ1v) is 12.2. The molecular formula is C28H42O2. The highest BCUT2D eigenvalue weighted by Gasteiger charge is 2.05.